The molecule has 0 fully saturated rings. The molecule has 0 saturated heterocycles. The molecule has 2 heterocycles. The van der Waals surface area contributed by atoms with Gasteiger partial charge in [0.2, 0.25) is 0 Å². The molecule has 0 radical (unpaired) electrons. The van der Waals surface area contributed by atoms with Crippen molar-refractivity contribution in [1.29, 1.82) is 0 Å². The maximum absolute atomic E-state index is 13.1. The zero-order valence-electron chi connectivity index (χ0n) is 24.4. The minimum Gasteiger partial charge on any atom is -0.456 e. The van der Waals surface area contributed by atoms with E-state index < -0.39 is 20.1 Å². The molecular formula is C31H36ClF3N4O2Si. The van der Waals surface area contributed by atoms with E-state index >= 15 is 0 Å². The van der Waals surface area contributed by atoms with Crippen LogP contribution in [0, 0.1) is 0 Å². The lowest BCUT2D eigenvalue weighted by Crippen LogP contribution is -2.40. The fourth-order valence-corrected chi connectivity index (χ4v) is 5.26. The van der Waals surface area contributed by atoms with Gasteiger partial charge in [-0.25, -0.2) is 9.97 Å². The Morgan fingerprint density at radius 1 is 1.10 bits per heavy atom. The number of hydrogen-bond acceptors (Lipinski definition) is 6. The van der Waals surface area contributed by atoms with Crippen LogP contribution in [0.4, 0.5) is 30.5 Å². The Labute approximate surface area is 251 Å². The average Bonchev–Trinajstić information content (AvgIpc) is 3.12. The van der Waals surface area contributed by atoms with Gasteiger partial charge >= 0.3 is 6.18 Å². The molecular weight excluding hydrogens is 581 g/mol. The maximum Gasteiger partial charge on any atom is 0.416 e. The van der Waals surface area contributed by atoms with E-state index in [4.69, 9.17) is 20.8 Å². The van der Waals surface area contributed by atoms with Gasteiger partial charge in [0.25, 0.3) is 0 Å². The summed E-state index contributed by atoms with van der Waals surface area (Å²) in [6.07, 6.45) is 4.99. The van der Waals surface area contributed by atoms with Crippen LogP contribution in [0.25, 0.3) is 6.08 Å². The number of halogens is 4. The van der Waals surface area contributed by atoms with Crippen LogP contribution in [-0.2, 0) is 10.6 Å². The molecule has 0 unspecified atom stereocenters. The van der Waals surface area contributed by atoms with Crippen LogP contribution in [0.2, 0.25) is 23.2 Å². The van der Waals surface area contributed by atoms with Gasteiger partial charge in [-0.2, -0.15) is 13.2 Å². The van der Waals surface area contributed by atoms with Gasteiger partial charge in [0.05, 0.1) is 16.1 Å². The molecule has 0 bridgehead atoms. The van der Waals surface area contributed by atoms with Gasteiger partial charge in [0.1, 0.15) is 29.5 Å². The van der Waals surface area contributed by atoms with Crippen molar-refractivity contribution >= 4 is 43.3 Å². The second kappa shape index (κ2) is 12.9. The van der Waals surface area contributed by atoms with Gasteiger partial charge in [-0.1, -0.05) is 50.6 Å². The number of ether oxygens (including phenoxy) is 1. The highest BCUT2D eigenvalue weighted by atomic mass is 35.5. The third-order valence-corrected chi connectivity index (χ3v) is 12.2. The molecule has 0 spiro atoms. The molecule has 1 aliphatic heterocycles. The monoisotopic (exact) mass is 616 g/mol. The molecule has 2 N–H and O–H groups in total. The van der Waals surface area contributed by atoms with Gasteiger partial charge < -0.3 is 19.8 Å². The third-order valence-electron chi connectivity index (χ3n) is 7.39. The second-order valence-corrected chi connectivity index (χ2v) is 16.8. The topological polar surface area (TPSA) is 68.3 Å². The van der Waals surface area contributed by atoms with E-state index in [1.807, 2.05) is 0 Å². The van der Waals surface area contributed by atoms with Crippen LogP contribution in [0.5, 0.6) is 11.5 Å². The highest BCUT2D eigenvalue weighted by Gasteiger charge is 2.36. The SMILES string of the molecule is CC(C)(C)[Si](C)(C)OCC/C=C/C1=Cc2c(ncnc2Nc2ccc(Oc3cccc(C(F)(F)F)c3)c(Cl)c2)NCC1. The summed E-state index contributed by atoms with van der Waals surface area (Å²) in [5.74, 6) is 1.57. The van der Waals surface area contributed by atoms with Gasteiger partial charge in [0, 0.05) is 18.8 Å². The Hall–Kier alpha value is -3.34. The van der Waals surface area contributed by atoms with E-state index in [-0.39, 0.29) is 21.6 Å². The summed E-state index contributed by atoms with van der Waals surface area (Å²) in [6, 6.07) is 9.61. The molecule has 0 saturated carbocycles. The third kappa shape index (κ3) is 8.14. The number of benzene rings is 2. The summed E-state index contributed by atoms with van der Waals surface area (Å²) in [6.45, 7) is 12.6. The van der Waals surface area contributed by atoms with Crippen LogP contribution < -0.4 is 15.4 Å². The first-order valence-corrected chi connectivity index (χ1v) is 17.0. The van der Waals surface area contributed by atoms with Crippen molar-refractivity contribution in [3.8, 4) is 11.5 Å². The van der Waals surface area contributed by atoms with Crippen LogP contribution >= 0.6 is 11.6 Å². The normalized spacial score (nSPS) is 14.2. The summed E-state index contributed by atoms with van der Waals surface area (Å²) >= 11 is 6.44. The van der Waals surface area contributed by atoms with Crippen molar-refractivity contribution in [2.75, 3.05) is 23.8 Å². The lowest BCUT2D eigenvalue weighted by atomic mass is 10.1. The van der Waals surface area contributed by atoms with Crippen molar-refractivity contribution in [1.82, 2.24) is 9.97 Å². The zero-order valence-corrected chi connectivity index (χ0v) is 26.2. The molecule has 2 aromatic carbocycles. The molecule has 11 heteroatoms. The minimum absolute atomic E-state index is 0.0388. The van der Waals surface area contributed by atoms with Gasteiger partial charge in [0.15, 0.2) is 8.32 Å². The molecule has 3 aromatic rings. The predicted molar refractivity (Wildman–Crippen MR) is 166 cm³/mol. The summed E-state index contributed by atoms with van der Waals surface area (Å²) < 4.78 is 51.1. The first-order valence-electron chi connectivity index (χ1n) is 13.7. The van der Waals surface area contributed by atoms with Crippen molar-refractivity contribution < 1.29 is 22.3 Å². The average molecular weight is 617 g/mol. The lowest BCUT2D eigenvalue weighted by Gasteiger charge is -2.36. The van der Waals surface area contributed by atoms with Crippen molar-refractivity contribution in [2.45, 2.75) is 57.9 Å². The Balaban J connectivity index is 1.46. The number of anilines is 3. The van der Waals surface area contributed by atoms with Gasteiger partial charge in [-0.15, -0.1) is 0 Å². The van der Waals surface area contributed by atoms with Gasteiger partial charge in [-0.05, 0) is 79.0 Å². The summed E-state index contributed by atoms with van der Waals surface area (Å²) in [7, 11) is -1.77. The van der Waals surface area contributed by atoms with Crippen molar-refractivity contribution in [2.24, 2.45) is 0 Å². The van der Waals surface area contributed by atoms with E-state index in [2.05, 4.69) is 72.7 Å². The molecule has 42 heavy (non-hydrogen) atoms. The van der Waals surface area contributed by atoms with E-state index in [9.17, 15) is 13.2 Å². The second-order valence-electron chi connectivity index (χ2n) is 11.6. The Morgan fingerprint density at radius 3 is 2.60 bits per heavy atom. The summed E-state index contributed by atoms with van der Waals surface area (Å²) in [4.78, 5) is 8.85. The predicted octanol–water partition coefficient (Wildman–Crippen LogP) is 9.85. The van der Waals surface area contributed by atoms with Crippen LogP contribution in [0.3, 0.4) is 0 Å². The lowest BCUT2D eigenvalue weighted by molar-refractivity contribution is -0.137. The first-order chi connectivity index (χ1) is 19.7. The van der Waals surface area contributed by atoms with Crippen molar-refractivity contribution in [3.63, 3.8) is 0 Å². The molecule has 224 valence electrons. The highest BCUT2D eigenvalue weighted by Crippen LogP contribution is 2.38. The smallest absolute Gasteiger partial charge is 0.416 e. The van der Waals surface area contributed by atoms with E-state index in [0.717, 1.165) is 42.7 Å². The number of aromatic nitrogens is 2. The Kier molecular flexibility index (Phi) is 9.69. The fourth-order valence-electron chi connectivity index (χ4n) is 3.98. The molecule has 4 rings (SSSR count). The number of allylic oxidation sites excluding steroid dienone is 1. The van der Waals surface area contributed by atoms with Crippen LogP contribution in [0.15, 0.2) is 66.5 Å². The number of fused-ring (bicyclic) bond motifs is 1. The van der Waals surface area contributed by atoms with E-state index in [0.29, 0.717) is 23.9 Å². The van der Waals surface area contributed by atoms with Gasteiger partial charge in [-0.3, -0.25) is 0 Å². The number of alkyl halides is 3. The minimum atomic E-state index is -4.47. The van der Waals surface area contributed by atoms with Crippen molar-refractivity contribution in [3.05, 3.63) is 82.7 Å². The number of hydrogen-bond donors (Lipinski definition) is 2. The number of nitrogens with one attached hydrogen (secondary N) is 2. The van der Waals surface area contributed by atoms with Crippen LogP contribution in [-0.4, -0.2) is 31.4 Å². The Morgan fingerprint density at radius 2 is 1.88 bits per heavy atom. The summed E-state index contributed by atoms with van der Waals surface area (Å²) in [5.41, 5.74) is 1.78. The molecule has 0 aliphatic carbocycles. The highest BCUT2D eigenvalue weighted by molar-refractivity contribution is 6.74. The fraction of sp³-hybridized carbons (Fsp3) is 0.355. The zero-order chi connectivity index (χ0) is 30.5. The Bertz CT molecular complexity index is 1470. The molecule has 0 atom stereocenters. The molecule has 0 amide bonds. The largest absolute Gasteiger partial charge is 0.456 e. The quantitative estimate of drug-likeness (QED) is 0.184. The number of rotatable bonds is 9. The molecule has 6 nitrogen and oxygen atoms in total. The molecule has 1 aromatic heterocycles. The summed E-state index contributed by atoms with van der Waals surface area (Å²) in [5, 5.41) is 7.06. The first kappa shape index (κ1) is 31.6. The standard InChI is InChI=1S/C31H36ClF3N4O2Si/c1-30(2,3)42(4,5)40-16-7-6-9-21-14-15-36-28-25(17-21)29(38-20-37-28)39-23-12-13-27(26(32)19-23)41-24-11-8-10-22(18-24)31(33,34)35/h6,8-13,17-20H,7,14-16H2,1-5H3,(H2,36,37,38,39)/b9-6+. The maximum atomic E-state index is 13.1. The van der Waals surface area contributed by atoms with E-state index in [1.54, 1.807) is 18.2 Å². The van der Waals surface area contributed by atoms with Crippen LogP contribution in [0.1, 0.15) is 44.7 Å². The molecule has 1 aliphatic rings. The number of nitrogens with zero attached hydrogens (tertiary/aromatic N) is 2. The van der Waals surface area contributed by atoms with E-state index in [1.165, 1.54) is 18.5 Å².